The van der Waals surface area contributed by atoms with Crippen molar-refractivity contribution in [3.05, 3.63) is 29.0 Å². The molecule has 7 heteroatoms. The summed E-state index contributed by atoms with van der Waals surface area (Å²) in [7, 11) is 1.78. The predicted octanol–water partition coefficient (Wildman–Crippen LogP) is 3.61. The van der Waals surface area contributed by atoms with Crippen LogP contribution in [0.4, 0.5) is 10.5 Å². The Morgan fingerprint density at radius 3 is 2.57 bits per heavy atom. The van der Waals surface area contributed by atoms with Crippen LogP contribution >= 0.6 is 0 Å². The summed E-state index contributed by atoms with van der Waals surface area (Å²) < 4.78 is 7.54. The zero-order chi connectivity index (χ0) is 20.8. The highest BCUT2D eigenvalue weighted by atomic mass is 16.6. The van der Waals surface area contributed by atoms with E-state index in [9.17, 15) is 14.9 Å². The molecule has 1 aromatic carbocycles. The molecule has 0 bridgehead atoms. The molecule has 0 radical (unpaired) electrons. The second kappa shape index (κ2) is 6.86. The first-order chi connectivity index (χ1) is 13.0. The van der Waals surface area contributed by atoms with Gasteiger partial charge in [0.1, 0.15) is 17.8 Å². The van der Waals surface area contributed by atoms with Crippen LogP contribution < -0.4 is 4.90 Å². The number of benzene rings is 1. The minimum atomic E-state index is -0.678. The van der Waals surface area contributed by atoms with E-state index in [0.29, 0.717) is 24.5 Å². The number of carbonyl (C=O) groups is 2. The van der Waals surface area contributed by atoms with Crippen LogP contribution in [-0.4, -0.2) is 47.2 Å². The van der Waals surface area contributed by atoms with E-state index < -0.39 is 11.7 Å². The van der Waals surface area contributed by atoms with Crippen molar-refractivity contribution in [2.45, 2.75) is 46.8 Å². The lowest BCUT2D eigenvalue weighted by atomic mass is 10.0. The van der Waals surface area contributed by atoms with Crippen LogP contribution in [0, 0.1) is 25.2 Å². The van der Waals surface area contributed by atoms with Gasteiger partial charge in [-0.15, -0.1) is 0 Å². The van der Waals surface area contributed by atoms with E-state index in [-0.39, 0.29) is 12.5 Å². The first-order valence-electron chi connectivity index (χ1n) is 9.31. The summed E-state index contributed by atoms with van der Waals surface area (Å²) in [6.45, 7) is 10.5. The number of hydrogen-bond donors (Lipinski definition) is 0. The number of carbonyl (C=O) groups excluding carboxylic acids is 2. The fraction of sp³-hybridized carbons (Fsp3) is 0.476. The van der Waals surface area contributed by atoms with Gasteiger partial charge in [0.15, 0.2) is 0 Å². The third kappa shape index (κ3) is 3.31. The Balaban J connectivity index is 2.24. The maximum absolute atomic E-state index is 12.8. The minimum Gasteiger partial charge on any atom is -0.443 e. The van der Waals surface area contributed by atoms with Gasteiger partial charge >= 0.3 is 6.09 Å². The number of ether oxygens (including phenoxy) is 1. The zero-order valence-electron chi connectivity index (χ0n) is 17.3. The van der Waals surface area contributed by atoms with Crippen LogP contribution in [0.25, 0.3) is 10.9 Å². The number of likely N-dealkylation sites (N-methyl/N-ethyl adjacent to an activating group) is 1. The van der Waals surface area contributed by atoms with E-state index in [1.54, 1.807) is 32.7 Å². The predicted molar refractivity (Wildman–Crippen MR) is 108 cm³/mol. The zero-order valence-corrected chi connectivity index (χ0v) is 17.3. The van der Waals surface area contributed by atoms with Crippen LogP contribution in [0.2, 0.25) is 0 Å². The molecule has 2 heterocycles. The van der Waals surface area contributed by atoms with Gasteiger partial charge in [0.2, 0.25) is 0 Å². The molecule has 3 rings (SSSR count). The van der Waals surface area contributed by atoms with Crippen molar-refractivity contribution in [2.75, 3.05) is 25.0 Å². The molecule has 7 nitrogen and oxygen atoms in total. The van der Waals surface area contributed by atoms with Crippen molar-refractivity contribution in [3.8, 4) is 6.07 Å². The molecular weight excluding hydrogens is 356 g/mol. The first kappa shape index (κ1) is 19.7. The molecule has 1 aromatic heterocycles. The number of nitrogens with zero attached hydrogens (tertiary/aromatic N) is 4. The maximum atomic E-state index is 12.8. The van der Waals surface area contributed by atoms with Gasteiger partial charge < -0.3 is 14.2 Å². The average Bonchev–Trinajstić information content (AvgIpc) is 2.98. The van der Waals surface area contributed by atoms with Crippen LogP contribution in [0.3, 0.4) is 0 Å². The van der Waals surface area contributed by atoms with Crippen LogP contribution in [0.15, 0.2) is 12.1 Å². The molecule has 0 N–H and O–H groups in total. The molecule has 28 heavy (non-hydrogen) atoms. The Bertz CT molecular complexity index is 1010. The molecule has 0 fully saturated rings. The van der Waals surface area contributed by atoms with Crippen molar-refractivity contribution in [2.24, 2.45) is 0 Å². The molecule has 0 aliphatic carbocycles. The van der Waals surface area contributed by atoms with Gasteiger partial charge in [-0.05, 0) is 57.9 Å². The van der Waals surface area contributed by atoms with Crippen LogP contribution in [-0.2, 0) is 11.3 Å². The summed E-state index contributed by atoms with van der Waals surface area (Å²) in [6.07, 6.45) is -0.578. The highest BCUT2D eigenvalue weighted by Gasteiger charge is 2.30. The number of amides is 2. The van der Waals surface area contributed by atoms with Gasteiger partial charge in [-0.2, -0.15) is 5.26 Å². The van der Waals surface area contributed by atoms with Crippen molar-refractivity contribution >= 4 is 28.6 Å². The highest BCUT2D eigenvalue weighted by Crippen LogP contribution is 2.36. The lowest BCUT2D eigenvalue weighted by Crippen LogP contribution is -2.37. The summed E-state index contributed by atoms with van der Waals surface area (Å²) in [4.78, 5) is 28.5. The average molecular weight is 382 g/mol. The number of aryl methyl sites for hydroxylation is 2. The SMILES string of the molecule is Cc1cc(N(CC#N)C(=O)OC(C)(C)C)c2cc3n(c2c1C)CCN(C)C3=O. The van der Waals surface area contributed by atoms with Gasteiger partial charge in [0.25, 0.3) is 5.91 Å². The Kier molecular flexibility index (Phi) is 4.84. The third-order valence-electron chi connectivity index (χ3n) is 5.03. The lowest BCUT2D eigenvalue weighted by Gasteiger charge is -2.27. The molecule has 148 valence electrons. The smallest absolute Gasteiger partial charge is 0.415 e. The van der Waals surface area contributed by atoms with Crippen LogP contribution in [0.1, 0.15) is 42.4 Å². The van der Waals surface area contributed by atoms with Gasteiger partial charge in [0, 0.05) is 25.5 Å². The minimum absolute atomic E-state index is 0.0467. The second-order valence-corrected chi connectivity index (χ2v) is 8.23. The molecular formula is C21H26N4O3. The summed E-state index contributed by atoms with van der Waals surface area (Å²) in [5.74, 6) is -0.0467. The van der Waals surface area contributed by atoms with Gasteiger partial charge in [0.05, 0.1) is 17.3 Å². The van der Waals surface area contributed by atoms with Gasteiger partial charge in [-0.25, -0.2) is 4.79 Å². The molecule has 2 amide bonds. The maximum Gasteiger partial charge on any atom is 0.415 e. The van der Waals surface area contributed by atoms with E-state index in [0.717, 1.165) is 22.0 Å². The van der Waals surface area contributed by atoms with E-state index in [1.165, 1.54) is 4.90 Å². The summed E-state index contributed by atoms with van der Waals surface area (Å²) in [6, 6.07) is 5.76. The van der Waals surface area contributed by atoms with E-state index in [2.05, 4.69) is 6.07 Å². The Morgan fingerprint density at radius 1 is 1.29 bits per heavy atom. The van der Waals surface area contributed by atoms with Crippen molar-refractivity contribution in [3.63, 3.8) is 0 Å². The Hall–Kier alpha value is -3.01. The van der Waals surface area contributed by atoms with Crippen molar-refractivity contribution < 1.29 is 14.3 Å². The fourth-order valence-electron chi connectivity index (χ4n) is 3.54. The molecule has 0 saturated heterocycles. The van der Waals surface area contributed by atoms with Crippen LogP contribution in [0.5, 0.6) is 0 Å². The molecule has 0 spiro atoms. The summed E-state index contributed by atoms with van der Waals surface area (Å²) >= 11 is 0. The monoisotopic (exact) mass is 382 g/mol. The van der Waals surface area contributed by atoms with E-state index >= 15 is 0 Å². The number of fused-ring (bicyclic) bond motifs is 3. The summed E-state index contributed by atoms with van der Waals surface area (Å²) in [5.41, 5.74) is 3.48. The summed E-state index contributed by atoms with van der Waals surface area (Å²) in [5, 5.41) is 10.1. The molecule has 1 aliphatic rings. The van der Waals surface area contributed by atoms with Crippen molar-refractivity contribution in [1.29, 1.82) is 5.26 Å². The van der Waals surface area contributed by atoms with Crippen molar-refractivity contribution in [1.82, 2.24) is 9.47 Å². The molecule has 0 atom stereocenters. The standard InChI is InChI=1S/C21H26N4O3/c1-13-11-16(25(8-7-22)20(27)28-21(3,4)5)15-12-17-19(26)23(6)9-10-24(17)18(15)14(13)2/h11-12H,8-10H2,1-6H3. The fourth-order valence-corrected chi connectivity index (χ4v) is 3.54. The first-order valence-corrected chi connectivity index (χ1v) is 9.31. The Morgan fingerprint density at radius 2 is 1.96 bits per heavy atom. The molecule has 1 aliphatic heterocycles. The highest BCUT2D eigenvalue weighted by molar-refractivity contribution is 6.07. The number of rotatable bonds is 2. The lowest BCUT2D eigenvalue weighted by molar-refractivity contribution is 0.0585. The Labute approximate surface area is 165 Å². The van der Waals surface area contributed by atoms with Gasteiger partial charge in [-0.1, -0.05) is 0 Å². The normalized spacial score (nSPS) is 14.0. The van der Waals surface area contributed by atoms with E-state index in [1.807, 2.05) is 30.5 Å². The second-order valence-electron chi connectivity index (χ2n) is 8.23. The number of anilines is 1. The largest absolute Gasteiger partial charge is 0.443 e. The number of aromatic nitrogens is 1. The number of hydrogen-bond acceptors (Lipinski definition) is 4. The third-order valence-corrected chi connectivity index (χ3v) is 5.03. The molecule has 2 aromatic rings. The van der Waals surface area contributed by atoms with E-state index in [4.69, 9.17) is 4.74 Å². The quantitative estimate of drug-likeness (QED) is 0.743. The van der Waals surface area contributed by atoms with Gasteiger partial charge in [-0.3, -0.25) is 9.69 Å². The number of nitriles is 1. The topological polar surface area (TPSA) is 78.6 Å². The molecule has 0 saturated carbocycles. The molecule has 0 unspecified atom stereocenters.